The van der Waals surface area contributed by atoms with E-state index in [1.54, 1.807) is 0 Å². The summed E-state index contributed by atoms with van der Waals surface area (Å²) in [5.41, 5.74) is 6.17. The van der Waals surface area contributed by atoms with Crippen molar-refractivity contribution in [3.63, 3.8) is 0 Å². The van der Waals surface area contributed by atoms with Gasteiger partial charge in [0.2, 0.25) is 0 Å². The molecular weight excluding hydrogens is 303 g/mol. The number of benzene rings is 1. The monoisotopic (exact) mass is 318 g/mol. The summed E-state index contributed by atoms with van der Waals surface area (Å²) >= 11 is 11.9. The predicted molar refractivity (Wildman–Crippen MR) is 79.1 cm³/mol. The van der Waals surface area contributed by atoms with Crippen LogP contribution in [0, 0.1) is 0 Å². The highest BCUT2D eigenvalue weighted by atomic mass is 35.5. The first-order valence-corrected chi connectivity index (χ1v) is 6.76. The Morgan fingerprint density at radius 3 is 2.55 bits per heavy atom. The molecule has 0 saturated heterocycles. The van der Waals surface area contributed by atoms with E-state index in [1.165, 1.54) is 24.1 Å². The Morgan fingerprint density at radius 2 is 2.00 bits per heavy atom. The summed E-state index contributed by atoms with van der Waals surface area (Å²) in [6.07, 6.45) is 0.691. The van der Waals surface area contributed by atoms with Gasteiger partial charge in [-0.05, 0) is 18.6 Å². The Bertz CT molecular complexity index is 521. The number of nitrogens with two attached hydrogens (primary N) is 1. The second-order valence-corrected chi connectivity index (χ2v) is 4.95. The lowest BCUT2D eigenvalue weighted by atomic mass is 10.1. The Kier molecular flexibility index (Phi) is 6.10. The van der Waals surface area contributed by atoms with Gasteiger partial charge in [-0.25, -0.2) is 0 Å². The molecule has 0 radical (unpaired) electrons. The van der Waals surface area contributed by atoms with Gasteiger partial charge in [0.1, 0.15) is 6.54 Å². The van der Waals surface area contributed by atoms with E-state index in [9.17, 15) is 9.59 Å². The van der Waals surface area contributed by atoms with Gasteiger partial charge in [0.25, 0.3) is 5.91 Å². The first-order valence-electron chi connectivity index (χ1n) is 6.01. The number of anilines is 1. The molecule has 1 amide bonds. The molecule has 0 aliphatic heterocycles. The van der Waals surface area contributed by atoms with Crippen LogP contribution in [0.3, 0.4) is 0 Å². The van der Waals surface area contributed by atoms with Gasteiger partial charge in [-0.2, -0.15) is 0 Å². The van der Waals surface area contributed by atoms with Gasteiger partial charge < -0.3 is 15.4 Å². The highest BCUT2D eigenvalue weighted by molar-refractivity contribution is 6.44. The van der Waals surface area contributed by atoms with Crippen LogP contribution in [-0.2, 0) is 9.53 Å². The molecule has 1 rings (SSSR count). The van der Waals surface area contributed by atoms with Gasteiger partial charge in [0.05, 0.1) is 22.7 Å². The average Bonchev–Trinajstić information content (AvgIpc) is 2.41. The van der Waals surface area contributed by atoms with Crippen LogP contribution < -0.4 is 5.73 Å². The van der Waals surface area contributed by atoms with E-state index in [2.05, 4.69) is 4.74 Å². The average molecular weight is 319 g/mol. The van der Waals surface area contributed by atoms with Crippen LogP contribution >= 0.6 is 23.2 Å². The normalized spacial score (nSPS) is 10.2. The lowest BCUT2D eigenvalue weighted by molar-refractivity contribution is -0.141. The van der Waals surface area contributed by atoms with Gasteiger partial charge in [-0.1, -0.05) is 30.1 Å². The van der Waals surface area contributed by atoms with E-state index in [0.717, 1.165) is 0 Å². The molecule has 0 unspecified atom stereocenters. The third-order valence-corrected chi connectivity index (χ3v) is 3.41. The second-order valence-electron chi connectivity index (χ2n) is 4.17. The van der Waals surface area contributed by atoms with Crippen LogP contribution in [-0.4, -0.2) is 37.0 Å². The van der Waals surface area contributed by atoms with Gasteiger partial charge in [-0.15, -0.1) is 0 Å². The molecule has 0 aliphatic carbocycles. The predicted octanol–water partition coefficient (Wildman–Crippen LogP) is 2.60. The summed E-state index contributed by atoms with van der Waals surface area (Å²) < 4.78 is 4.57. The van der Waals surface area contributed by atoms with E-state index in [4.69, 9.17) is 28.9 Å². The molecule has 5 nitrogen and oxygen atoms in total. The molecule has 7 heteroatoms. The van der Waals surface area contributed by atoms with E-state index >= 15 is 0 Å². The maximum atomic E-state index is 12.4. The van der Waals surface area contributed by atoms with Crippen LogP contribution in [0.2, 0.25) is 10.0 Å². The lowest BCUT2D eigenvalue weighted by Crippen LogP contribution is -2.37. The SMILES string of the molecule is CCCN(CC(=O)OC)C(=O)c1cc(N)cc(Cl)c1Cl. The van der Waals surface area contributed by atoms with Crippen LogP contribution in [0.5, 0.6) is 0 Å². The van der Waals surface area contributed by atoms with Crippen molar-refractivity contribution in [3.8, 4) is 0 Å². The van der Waals surface area contributed by atoms with Gasteiger partial charge in [-0.3, -0.25) is 9.59 Å². The van der Waals surface area contributed by atoms with Crippen molar-refractivity contribution >= 4 is 40.8 Å². The molecule has 0 atom stereocenters. The van der Waals surface area contributed by atoms with E-state index in [-0.39, 0.29) is 22.2 Å². The standard InChI is InChI=1S/C13H16Cl2N2O3/c1-3-4-17(7-11(18)20-2)13(19)9-5-8(16)6-10(14)12(9)15/h5-6H,3-4,7,16H2,1-2H3. The number of nitrogens with zero attached hydrogens (tertiary/aromatic N) is 1. The number of esters is 1. The number of carbonyl (C=O) groups excluding carboxylic acids is 2. The van der Waals surface area contributed by atoms with Crippen molar-refractivity contribution in [3.05, 3.63) is 27.7 Å². The zero-order valence-electron chi connectivity index (χ0n) is 11.3. The van der Waals surface area contributed by atoms with Crippen molar-refractivity contribution in [2.75, 3.05) is 25.9 Å². The Balaban J connectivity index is 3.09. The minimum atomic E-state index is -0.502. The van der Waals surface area contributed by atoms with Crippen molar-refractivity contribution < 1.29 is 14.3 Å². The molecule has 0 bridgehead atoms. The van der Waals surface area contributed by atoms with Crippen molar-refractivity contribution in [1.82, 2.24) is 4.90 Å². The fourth-order valence-electron chi connectivity index (χ4n) is 1.68. The van der Waals surface area contributed by atoms with Crippen LogP contribution in [0.1, 0.15) is 23.7 Å². The quantitative estimate of drug-likeness (QED) is 0.669. The molecule has 0 spiro atoms. The Labute approximate surface area is 127 Å². The maximum Gasteiger partial charge on any atom is 0.325 e. The Hall–Kier alpha value is -1.46. The molecule has 2 N–H and O–H groups in total. The molecule has 20 heavy (non-hydrogen) atoms. The minimum absolute atomic E-state index is 0.122. The van der Waals surface area contributed by atoms with Gasteiger partial charge in [0.15, 0.2) is 0 Å². The summed E-state index contributed by atoms with van der Waals surface area (Å²) in [4.78, 5) is 25.1. The van der Waals surface area contributed by atoms with Gasteiger partial charge >= 0.3 is 5.97 Å². The van der Waals surface area contributed by atoms with Crippen LogP contribution in [0.25, 0.3) is 0 Å². The number of nitrogen functional groups attached to an aromatic ring is 1. The number of ether oxygens (including phenoxy) is 1. The molecule has 0 saturated carbocycles. The first-order chi connectivity index (χ1) is 9.40. The summed E-state index contributed by atoms with van der Waals surface area (Å²) in [5.74, 6) is -0.908. The number of methoxy groups -OCH3 is 1. The highest BCUT2D eigenvalue weighted by Gasteiger charge is 2.22. The number of halogens is 2. The lowest BCUT2D eigenvalue weighted by Gasteiger charge is -2.21. The van der Waals surface area contributed by atoms with E-state index in [0.29, 0.717) is 18.7 Å². The zero-order valence-corrected chi connectivity index (χ0v) is 12.8. The number of rotatable bonds is 5. The summed E-state index contributed by atoms with van der Waals surface area (Å²) in [5, 5.41) is 0.321. The van der Waals surface area contributed by atoms with Crippen molar-refractivity contribution in [1.29, 1.82) is 0 Å². The molecule has 110 valence electrons. The topological polar surface area (TPSA) is 72.6 Å². The molecule has 0 fully saturated rings. The summed E-state index contributed by atoms with van der Waals surface area (Å²) in [6, 6.07) is 2.90. The minimum Gasteiger partial charge on any atom is -0.468 e. The molecule has 1 aromatic rings. The third-order valence-electron chi connectivity index (χ3n) is 2.61. The summed E-state index contributed by atoms with van der Waals surface area (Å²) in [7, 11) is 1.27. The number of carbonyl (C=O) groups is 2. The number of amides is 1. The number of hydrogen-bond donors (Lipinski definition) is 1. The first kappa shape index (κ1) is 16.6. The maximum absolute atomic E-state index is 12.4. The largest absolute Gasteiger partial charge is 0.468 e. The van der Waals surface area contributed by atoms with Crippen LogP contribution in [0.4, 0.5) is 5.69 Å². The van der Waals surface area contributed by atoms with Crippen molar-refractivity contribution in [2.24, 2.45) is 0 Å². The van der Waals surface area contributed by atoms with Gasteiger partial charge in [0, 0.05) is 12.2 Å². The fraction of sp³-hybridized carbons (Fsp3) is 0.385. The molecular formula is C13H16Cl2N2O3. The second kappa shape index (κ2) is 7.36. The molecule has 0 heterocycles. The van der Waals surface area contributed by atoms with E-state index < -0.39 is 11.9 Å². The fourth-order valence-corrected chi connectivity index (χ4v) is 2.10. The van der Waals surface area contributed by atoms with E-state index in [1.807, 2.05) is 6.92 Å². The highest BCUT2D eigenvalue weighted by Crippen LogP contribution is 2.29. The van der Waals surface area contributed by atoms with Crippen LogP contribution in [0.15, 0.2) is 12.1 Å². The molecule has 1 aromatic carbocycles. The third kappa shape index (κ3) is 4.02. The smallest absolute Gasteiger partial charge is 0.325 e. The number of hydrogen-bond acceptors (Lipinski definition) is 4. The summed E-state index contributed by atoms with van der Waals surface area (Å²) in [6.45, 7) is 2.15. The van der Waals surface area contributed by atoms with Crippen molar-refractivity contribution in [2.45, 2.75) is 13.3 Å². The molecule has 0 aromatic heterocycles. The zero-order chi connectivity index (χ0) is 15.3. The molecule has 0 aliphatic rings. The Morgan fingerprint density at radius 1 is 1.35 bits per heavy atom.